The summed E-state index contributed by atoms with van der Waals surface area (Å²) in [5.41, 5.74) is 13.3. The van der Waals surface area contributed by atoms with E-state index in [0.717, 1.165) is 0 Å². The number of nitrogen functional groups attached to an aromatic ring is 2. The maximum atomic E-state index is 16.0. The molecule has 0 bridgehead atoms. The zero-order valence-corrected chi connectivity index (χ0v) is 25.9. The number of fused-ring (bicyclic) bond motifs is 2. The second-order valence-corrected chi connectivity index (χ2v) is 15.8. The quantitative estimate of drug-likeness (QED) is 0.168. The third-order valence-corrected chi connectivity index (χ3v) is 10.7. The van der Waals surface area contributed by atoms with Crippen LogP contribution in [0.5, 0.6) is 0 Å². The number of ether oxygens (including phenoxy) is 1. The number of imidazole rings is 1. The summed E-state index contributed by atoms with van der Waals surface area (Å²) in [4.78, 5) is 41.7. The summed E-state index contributed by atoms with van der Waals surface area (Å²) in [5.74, 6) is 0.561. The summed E-state index contributed by atoms with van der Waals surface area (Å²) in [7, 11) is 1.19. The van der Waals surface area contributed by atoms with Gasteiger partial charge in [0.2, 0.25) is 0 Å². The van der Waals surface area contributed by atoms with Crippen LogP contribution in [0.3, 0.4) is 0 Å². The molecule has 2 fully saturated rings. The Morgan fingerprint density at radius 2 is 1.70 bits per heavy atom. The Labute approximate surface area is 254 Å². The van der Waals surface area contributed by atoms with E-state index in [-0.39, 0.29) is 24.4 Å². The molecule has 5 heterocycles. The van der Waals surface area contributed by atoms with Gasteiger partial charge in [0.15, 0.2) is 23.9 Å². The molecule has 1 saturated carbocycles. The highest BCUT2D eigenvalue weighted by Gasteiger charge is 2.50. The van der Waals surface area contributed by atoms with Crippen LogP contribution in [0.4, 0.5) is 16.0 Å². The van der Waals surface area contributed by atoms with Gasteiger partial charge in [0.25, 0.3) is 0 Å². The summed E-state index contributed by atoms with van der Waals surface area (Å²) in [5, 5.41) is 0.495. The van der Waals surface area contributed by atoms with Gasteiger partial charge in [-0.3, -0.25) is 4.52 Å². The number of nitrogens with two attached hydrogens (primary N) is 2. The van der Waals surface area contributed by atoms with Crippen LogP contribution < -0.4 is 11.5 Å². The monoisotopic (exact) mass is 675 g/mol. The van der Waals surface area contributed by atoms with Gasteiger partial charge >= 0.3 is 13.4 Å². The molecule has 0 radical (unpaired) electrons. The molecule has 1 aliphatic carbocycles. The number of rotatable bonds is 11. The lowest BCUT2D eigenvalue weighted by Gasteiger charge is -2.36. The van der Waals surface area contributed by atoms with Crippen LogP contribution >= 0.6 is 13.4 Å². The lowest BCUT2D eigenvalue weighted by molar-refractivity contribution is -0.0424. The highest BCUT2D eigenvalue weighted by molar-refractivity contribution is 8.07. The van der Waals surface area contributed by atoms with Crippen LogP contribution in [-0.4, -0.2) is 82.5 Å². The van der Waals surface area contributed by atoms with Gasteiger partial charge in [0.1, 0.15) is 41.8 Å². The minimum Gasteiger partial charge on any atom is -0.383 e. The van der Waals surface area contributed by atoms with E-state index < -0.39 is 44.7 Å². The second-order valence-electron chi connectivity index (χ2n) is 10.1. The molecule has 1 aliphatic heterocycles. The normalized spacial score (nSPS) is 28.6. The van der Waals surface area contributed by atoms with Crippen molar-refractivity contribution in [3.63, 3.8) is 0 Å². The maximum absolute atomic E-state index is 16.0. The summed E-state index contributed by atoms with van der Waals surface area (Å²) < 4.78 is 46.8. The maximum Gasteiger partial charge on any atom is 0.324 e. The molecule has 232 valence electrons. The molecule has 4 aromatic heterocycles. The molecule has 6 atom stereocenters. The van der Waals surface area contributed by atoms with Crippen molar-refractivity contribution in [2.24, 2.45) is 5.92 Å². The Morgan fingerprint density at radius 3 is 2.44 bits per heavy atom. The topological polar surface area (TPSA) is 213 Å². The summed E-state index contributed by atoms with van der Waals surface area (Å²) >= 11 is 10.2. The Kier molecular flexibility index (Phi) is 8.51. The molecule has 0 aromatic carbocycles. The molecule has 6 N–H and O–H groups in total. The van der Waals surface area contributed by atoms with E-state index >= 15 is 4.39 Å². The lowest BCUT2D eigenvalue weighted by Crippen LogP contribution is -2.34. The van der Waals surface area contributed by atoms with Crippen LogP contribution in [-0.2, 0) is 46.4 Å². The van der Waals surface area contributed by atoms with Crippen molar-refractivity contribution in [1.29, 1.82) is 0 Å². The highest BCUT2D eigenvalue weighted by Crippen LogP contribution is 2.52. The Morgan fingerprint density at radius 1 is 1.00 bits per heavy atom. The summed E-state index contributed by atoms with van der Waals surface area (Å²) in [6.45, 7) is -7.91. The molecule has 43 heavy (non-hydrogen) atoms. The average Bonchev–Trinajstić information content (AvgIpc) is 3.64. The number of alkyl halides is 1. The van der Waals surface area contributed by atoms with Crippen LogP contribution in [0, 0.1) is 5.92 Å². The Hall–Kier alpha value is -2.28. The fraction of sp³-hybridized carbons (Fsp3) is 0.500. The standard InChI is InChI=1S/C22H28FN9O7P2S2/c1-35-40(33,42)37-7-14-17(15(23)22(38-14)31-3-2-13-18(24)26-8-28-20(13)31)39-41(34,43)36-6-11-4-12(5-11)32-10-30-16-19(25)27-9-29-21(16)32/h2-3,8-12,14-15,17,22H,4-7H2,1H3,(H,33,42)(H,34,43)(H2,24,26,28)(H2,25,27,29)/t11?,12?,14-,15+,17-,22-,40?,41?/m1/s1. The van der Waals surface area contributed by atoms with Gasteiger partial charge < -0.3 is 48.7 Å². The van der Waals surface area contributed by atoms with Gasteiger partial charge in [-0.2, -0.15) is 0 Å². The molecule has 16 nitrogen and oxygen atoms in total. The Bertz CT molecular complexity index is 1740. The number of hydrogen-bond acceptors (Lipinski definition) is 14. The van der Waals surface area contributed by atoms with E-state index in [1.54, 1.807) is 18.6 Å². The third-order valence-electron chi connectivity index (χ3n) is 7.43. The van der Waals surface area contributed by atoms with Crippen molar-refractivity contribution < 1.29 is 37.0 Å². The van der Waals surface area contributed by atoms with Gasteiger partial charge in [-0.05, 0) is 48.4 Å². The number of nitrogens with zero attached hydrogens (tertiary/aromatic N) is 7. The van der Waals surface area contributed by atoms with Crippen molar-refractivity contribution in [3.8, 4) is 0 Å². The van der Waals surface area contributed by atoms with Gasteiger partial charge in [-0.25, -0.2) is 29.3 Å². The van der Waals surface area contributed by atoms with Gasteiger partial charge in [0, 0.05) is 19.3 Å². The van der Waals surface area contributed by atoms with E-state index in [1.165, 1.54) is 24.3 Å². The summed E-state index contributed by atoms with van der Waals surface area (Å²) in [6, 6.07) is 1.72. The van der Waals surface area contributed by atoms with Crippen molar-refractivity contribution in [2.45, 2.75) is 43.5 Å². The van der Waals surface area contributed by atoms with Gasteiger partial charge in [-0.15, -0.1) is 0 Å². The average molecular weight is 676 g/mol. The largest absolute Gasteiger partial charge is 0.383 e. The van der Waals surface area contributed by atoms with Crippen molar-refractivity contribution in [3.05, 3.63) is 31.2 Å². The molecule has 4 aromatic rings. The SMILES string of the molecule is COP(O)(=S)OC[C@H]1O[C@@H](n2ccc3c(N)ncnc32)[C@@H](F)[C@@H]1OP(O)(=S)OCC1CC(n2cnc3c(N)ncnc32)C1. The molecule has 0 spiro atoms. The van der Waals surface area contributed by atoms with Crippen LogP contribution in [0.2, 0.25) is 0 Å². The number of hydrogen-bond donors (Lipinski definition) is 4. The number of anilines is 2. The molecule has 21 heteroatoms. The van der Waals surface area contributed by atoms with Crippen molar-refractivity contribution >= 4 is 70.9 Å². The first-order chi connectivity index (χ1) is 20.5. The minimum atomic E-state index is -3.97. The molecular formula is C22H28FN9O7P2S2. The molecule has 2 aliphatic rings. The zero-order chi connectivity index (χ0) is 30.5. The predicted octanol–water partition coefficient (Wildman–Crippen LogP) is 2.12. The van der Waals surface area contributed by atoms with E-state index in [0.29, 0.717) is 40.9 Å². The molecule has 0 amide bonds. The van der Waals surface area contributed by atoms with E-state index in [9.17, 15) is 9.79 Å². The first-order valence-electron chi connectivity index (χ1n) is 12.9. The second kappa shape index (κ2) is 11.9. The highest BCUT2D eigenvalue weighted by atomic mass is 32.5. The van der Waals surface area contributed by atoms with Gasteiger partial charge in [-0.1, -0.05) is 0 Å². The first kappa shape index (κ1) is 30.7. The van der Waals surface area contributed by atoms with Crippen LogP contribution in [0.15, 0.2) is 31.2 Å². The molecule has 1 saturated heterocycles. The fourth-order valence-corrected chi connectivity index (χ4v) is 7.30. The first-order valence-corrected chi connectivity index (χ1v) is 18.1. The van der Waals surface area contributed by atoms with Crippen LogP contribution in [0.1, 0.15) is 25.1 Å². The third kappa shape index (κ3) is 6.17. The fourth-order valence-electron chi connectivity index (χ4n) is 5.18. The number of halogens is 1. The smallest absolute Gasteiger partial charge is 0.324 e. The predicted molar refractivity (Wildman–Crippen MR) is 159 cm³/mol. The van der Waals surface area contributed by atoms with Crippen LogP contribution in [0.25, 0.3) is 22.2 Å². The minimum absolute atomic E-state index is 0.0469. The van der Waals surface area contributed by atoms with E-state index in [4.69, 9.17) is 57.9 Å². The number of aromatic nitrogens is 7. The molecule has 2 unspecified atom stereocenters. The zero-order valence-electron chi connectivity index (χ0n) is 22.5. The summed E-state index contributed by atoms with van der Waals surface area (Å²) in [6.07, 6.45) is 1.51. The molecular weight excluding hydrogens is 647 g/mol. The van der Waals surface area contributed by atoms with E-state index in [1.807, 2.05) is 4.57 Å². The van der Waals surface area contributed by atoms with Gasteiger partial charge in [0.05, 0.1) is 24.9 Å². The van der Waals surface area contributed by atoms with Crippen molar-refractivity contribution in [2.75, 3.05) is 31.8 Å². The lowest BCUT2D eigenvalue weighted by atomic mass is 9.81. The van der Waals surface area contributed by atoms with Crippen molar-refractivity contribution in [1.82, 2.24) is 34.1 Å². The molecule has 6 rings (SSSR count). The Balaban J connectivity index is 1.12. The van der Waals surface area contributed by atoms with E-state index in [2.05, 4.69) is 24.9 Å².